The number of aromatic nitrogens is 4. The van der Waals surface area contributed by atoms with Crippen LogP contribution in [0.2, 0.25) is 0 Å². The smallest absolute Gasteiger partial charge is 0.220 e. The van der Waals surface area contributed by atoms with Crippen molar-refractivity contribution >= 4 is 16.9 Å². The lowest BCUT2D eigenvalue weighted by atomic mass is 9.89. The molecule has 152 valence electrons. The number of nitrogens with one attached hydrogen (secondary N) is 2. The minimum atomic E-state index is 0.136. The Morgan fingerprint density at radius 2 is 2.21 bits per heavy atom. The predicted molar refractivity (Wildman–Crippen MR) is 112 cm³/mol. The summed E-state index contributed by atoms with van der Waals surface area (Å²) in [5, 5.41) is 11.8. The first kappa shape index (κ1) is 19.5. The number of likely N-dealkylation sites (tertiary alicyclic amines) is 1. The number of carbonyl (C=O) groups excluding carboxylic acids is 1. The van der Waals surface area contributed by atoms with Crippen molar-refractivity contribution in [1.29, 1.82) is 0 Å². The Labute approximate surface area is 170 Å². The Hall–Kier alpha value is -2.80. The number of hydrogen-bond acceptors (Lipinski definition) is 5. The summed E-state index contributed by atoms with van der Waals surface area (Å²) in [5.41, 5.74) is 2.98. The number of aromatic amines is 1. The van der Waals surface area contributed by atoms with Gasteiger partial charge in [0.15, 0.2) is 5.65 Å². The van der Waals surface area contributed by atoms with Crippen LogP contribution in [-0.2, 0) is 17.8 Å². The highest BCUT2D eigenvalue weighted by atomic mass is 16.1. The van der Waals surface area contributed by atoms with E-state index in [-0.39, 0.29) is 11.9 Å². The van der Waals surface area contributed by atoms with Crippen molar-refractivity contribution in [1.82, 2.24) is 30.4 Å². The molecular formula is C22H28N6O. The molecule has 1 amide bonds. The summed E-state index contributed by atoms with van der Waals surface area (Å²) >= 11 is 0. The number of fused-ring (bicyclic) bond motifs is 1. The van der Waals surface area contributed by atoms with Crippen LogP contribution >= 0.6 is 0 Å². The molecule has 0 unspecified atom stereocenters. The summed E-state index contributed by atoms with van der Waals surface area (Å²) in [4.78, 5) is 23.3. The third kappa shape index (κ3) is 4.79. The van der Waals surface area contributed by atoms with Crippen LogP contribution in [0.1, 0.15) is 37.4 Å². The first-order valence-corrected chi connectivity index (χ1v) is 10.4. The van der Waals surface area contributed by atoms with Gasteiger partial charge < -0.3 is 5.32 Å². The van der Waals surface area contributed by atoms with Crippen LogP contribution < -0.4 is 5.32 Å². The number of rotatable bonds is 7. The van der Waals surface area contributed by atoms with Gasteiger partial charge in [-0.3, -0.25) is 19.8 Å². The second kappa shape index (κ2) is 9.13. The van der Waals surface area contributed by atoms with Gasteiger partial charge in [0.1, 0.15) is 0 Å². The van der Waals surface area contributed by atoms with Crippen LogP contribution in [0.25, 0.3) is 11.0 Å². The van der Waals surface area contributed by atoms with E-state index in [1.807, 2.05) is 24.4 Å². The highest BCUT2D eigenvalue weighted by molar-refractivity contribution is 5.77. The van der Waals surface area contributed by atoms with E-state index in [0.29, 0.717) is 12.3 Å². The molecule has 7 nitrogen and oxygen atoms in total. The minimum Gasteiger partial charge on any atom is -0.353 e. The predicted octanol–water partition coefficient (Wildman–Crippen LogP) is 2.70. The van der Waals surface area contributed by atoms with Gasteiger partial charge in [0, 0.05) is 56.1 Å². The minimum absolute atomic E-state index is 0.136. The zero-order chi connectivity index (χ0) is 20.1. The highest BCUT2D eigenvalue weighted by Gasteiger charge is 2.29. The third-order valence-electron chi connectivity index (χ3n) is 5.84. The molecule has 3 aromatic rings. The van der Waals surface area contributed by atoms with Crippen molar-refractivity contribution in [2.75, 3.05) is 13.1 Å². The molecule has 4 rings (SSSR count). The van der Waals surface area contributed by atoms with Gasteiger partial charge in [0.2, 0.25) is 5.91 Å². The first-order chi connectivity index (χ1) is 14.2. The van der Waals surface area contributed by atoms with Crippen molar-refractivity contribution in [3.63, 3.8) is 0 Å². The molecule has 0 bridgehead atoms. The molecular weight excluding hydrogens is 364 g/mol. The second-order valence-corrected chi connectivity index (χ2v) is 7.80. The number of H-pyrrole nitrogens is 1. The van der Waals surface area contributed by atoms with Gasteiger partial charge in [-0.1, -0.05) is 19.4 Å². The molecule has 1 saturated heterocycles. The van der Waals surface area contributed by atoms with E-state index in [0.717, 1.165) is 61.2 Å². The standard InChI is InChI=1S/C22H28N6O/c1-2-17-14-28(15-20-18-6-4-11-24-22(18)27-26-20)12-9-19(17)25-21(29)8-7-16-5-3-10-23-13-16/h3-6,10-11,13,17,19H,2,7-9,12,14-15H2,1H3,(H,25,29)(H,24,26,27)/t17-,19+/m1/s1. The Bertz CT molecular complexity index is 941. The van der Waals surface area contributed by atoms with Gasteiger partial charge in [0.25, 0.3) is 0 Å². The van der Waals surface area contributed by atoms with Crippen molar-refractivity contribution in [3.8, 4) is 0 Å². The van der Waals surface area contributed by atoms with Crippen LogP contribution in [0.4, 0.5) is 0 Å². The normalized spacial score (nSPS) is 20.0. The molecule has 29 heavy (non-hydrogen) atoms. The molecule has 2 N–H and O–H groups in total. The van der Waals surface area contributed by atoms with E-state index in [1.165, 1.54) is 0 Å². The number of aryl methyl sites for hydroxylation is 1. The summed E-state index contributed by atoms with van der Waals surface area (Å²) in [6, 6.07) is 8.19. The van der Waals surface area contributed by atoms with Crippen molar-refractivity contribution in [2.45, 2.75) is 45.2 Å². The molecule has 0 aromatic carbocycles. The fourth-order valence-corrected chi connectivity index (χ4v) is 4.18. The van der Waals surface area contributed by atoms with Crippen molar-refractivity contribution in [2.24, 2.45) is 5.92 Å². The van der Waals surface area contributed by atoms with E-state index < -0.39 is 0 Å². The zero-order valence-corrected chi connectivity index (χ0v) is 16.8. The molecule has 4 heterocycles. The molecule has 0 aliphatic carbocycles. The van der Waals surface area contributed by atoms with Crippen molar-refractivity contribution < 1.29 is 4.79 Å². The lowest BCUT2D eigenvalue weighted by molar-refractivity contribution is -0.122. The van der Waals surface area contributed by atoms with Gasteiger partial charge in [-0.25, -0.2) is 4.98 Å². The van der Waals surface area contributed by atoms with Gasteiger partial charge in [0.05, 0.1) is 5.69 Å². The Kier molecular flexibility index (Phi) is 6.14. The Balaban J connectivity index is 1.30. The average Bonchev–Trinajstić information content (AvgIpc) is 3.17. The number of carbonyl (C=O) groups is 1. The van der Waals surface area contributed by atoms with Crippen LogP contribution in [0.5, 0.6) is 0 Å². The average molecular weight is 393 g/mol. The maximum atomic E-state index is 12.5. The first-order valence-electron chi connectivity index (χ1n) is 10.4. The number of hydrogen-bond donors (Lipinski definition) is 2. The third-order valence-corrected chi connectivity index (χ3v) is 5.84. The van der Waals surface area contributed by atoms with E-state index in [2.05, 4.69) is 43.4 Å². The zero-order valence-electron chi connectivity index (χ0n) is 16.8. The monoisotopic (exact) mass is 392 g/mol. The Morgan fingerprint density at radius 3 is 3.03 bits per heavy atom. The number of amides is 1. The Morgan fingerprint density at radius 1 is 1.31 bits per heavy atom. The molecule has 1 aliphatic rings. The van der Waals surface area contributed by atoms with Gasteiger partial charge in [-0.05, 0) is 42.5 Å². The summed E-state index contributed by atoms with van der Waals surface area (Å²) in [6.07, 6.45) is 8.62. The molecule has 7 heteroatoms. The molecule has 0 spiro atoms. The number of piperidine rings is 1. The maximum Gasteiger partial charge on any atom is 0.220 e. The van der Waals surface area contributed by atoms with E-state index >= 15 is 0 Å². The van der Waals surface area contributed by atoms with Gasteiger partial charge in [-0.15, -0.1) is 0 Å². The fraction of sp³-hybridized carbons (Fsp3) is 0.455. The maximum absolute atomic E-state index is 12.5. The number of pyridine rings is 2. The molecule has 0 saturated carbocycles. The SMILES string of the molecule is CC[C@@H]1CN(Cc2[nH]nc3ncccc23)CC[C@@H]1NC(=O)CCc1cccnc1. The van der Waals surface area contributed by atoms with Crippen LogP contribution in [0, 0.1) is 5.92 Å². The molecule has 0 radical (unpaired) electrons. The van der Waals surface area contributed by atoms with Gasteiger partial charge in [-0.2, -0.15) is 5.10 Å². The quantitative estimate of drug-likeness (QED) is 0.646. The largest absolute Gasteiger partial charge is 0.353 e. The lowest BCUT2D eigenvalue weighted by Gasteiger charge is -2.38. The topological polar surface area (TPSA) is 86.8 Å². The van der Waals surface area contributed by atoms with E-state index in [9.17, 15) is 4.79 Å². The summed E-state index contributed by atoms with van der Waals surface area (Å²) in [5.74, 6) is 0.592. The molecule has 1 fully saturated rings. The van der Waals surface area contributed by atoms with Crippen molar-refractivity contribution in [3.05, 3.63) is 54.1 Å². The summed E-state index contributed by atoms with van der Waals surface area (Å²) in [6.45, 7) is 4.98. The van der Waals surface area contributed by atoms with E-state index in [1.54, 1.807) is 12.4 Å². The van der Waals surface area contributed by atoms with Crippen LogP contribution in [0.15, 0.2) is 42.9 Å². The molecule has 3 aromatic heterocycles. The summed E-state index contributed by atoms with van der Waals surface area (Å²) in [7, 11) is 0. The molecule has 2 atom stereocenters. The highest BCUT2D eigenvalue weighted by Crippen LogP contribution is 2.23. The van der Waals surface area contributed by atoms with Gasteiger partial charge >= 0.3 is 0 Å². The van der Waals surface area contributed by atoms with Crippen LogP contribution in [0.3, 0.4) is 0 Å². The molecule has 1 aliphatic heterocycles. The second-order valence-electron chi connectivity index (χ2n) is 7.80. The van der Waals surface area contributed by atoms with E-state index in [4.69, 9.17) is 0 Å². The summed E-state index contributed by atoms with van der Waals surface area (Å²) < 4.78 is 0. The van der Waals surface area contributed by atoms with Crippen LogP contribution in [-0.4, -0.2) is 50.1 Å². The fourth-order valence-electron chi connectivity index (χ4n) is 4.18. The lowest BCUT2D eigenvalue weighted by Crippen LogP contribution is -2.50. The number of nitrogens with zero attached hydrogens (tertiary/aromatic N) is 4.